The minimum Gasteiger partial charge on any atom is -0.435 e. The van der Waals surface area contributed by atoms with E-state index in [2.05, 4.69) is 15.4 Å². The molecule has 0 fully saturated rings. The summed E-state index contributed by atoms with van der Waals surface area (Å²) in [5.41, 5.74) is 0.467. The largest absolute Gasteiger partial charge is 0.435 e. The molecule has 0 aliphatic heterocycles. The second-order valence-electron chi connectivity index (χ2n) is 3.68. The van der Waals surface area contributed by atoms with Gasteiger partial charge in [-0.2, -0.15) is 8.78 Å². The number of nitrogens with one attached hydrogen (secondary N) is 2. The van der Waals surface area contributed by atoms with Gasteiger partial charge in [0.15, 0.2) is 0 Å². The van der Waals surface area contributed by atoms with E-state index in [4.69, 9.17) is 0 Å². The minimum absolute atomic E-state index is 0.0197. The summed E-state index contributed by atoms with van der Waals surface area (Å²) in [6.07, 6.45) is 0.134. The van der Waals surface area contributed by atoms with E-state index in [-0.39, 0.29) is 30.5 Å². The zero-order valence-electron chi connectivity index (χ0n) is 10.3. The Morgan fingerprint density at radius 2 is 1.89 bits per heavy atom. The van der Waals surface area contributed by atoms with Crippen LogP contribution in [0.4, 0.5) is 14.5 Å². The number of halogens is 2. The van der Waals surface area contributed by atoms with Gasteiger partial charge in [-0.3, -0.25) is 9.59 Å². The van der Waals surface area contributed by atoms with Gasteiger partial charge in [0.05, 0.1) is 0 Å². The van der Waals surface area contributed by atoms with Gasteiger partial charge in [-0.1, -0.05) is 0 Å². The van der Waals surface area contributed by atoms with Crippen molar-refractivity contribution in [1.82, 2.24) is 5.32 Å². The highest BCUT2D eigenvalue weighted by molar-refractivity contribution is 5.91. The molecule has 0 saturated carbocycles. The van der Waals surface area contributed by atoms with Crippen molar-refractivity contribution >= 4 is 17.5 Å². The van der Waals surface area contributed by atoms with Gasteiger partial charge in [-0.05, 0) is 24.3 Å². The van der Waals surface area contributed by atoms with Gasteiger partial charge in [0.25, 0.3) is 0 Å². The van der Waals surface area contributed by atoms with E-state index in [1.807, 2.05) is 0 Å². The average Bonchev–Trinajstić information content (AvgIpc) is 2.30. The van der Waals surface area contributed by atoms with Crippen LogP contribution in [0.5, 0.6) is 5.75 Å². The topological polar surface area (TPSA) is 67.4 Å². The maximum atomic E-state index is 11.9. The van der Waals surface area contributed by atoms with Crippen LogP contribution in [0, 0.1) is 0 Å². The van der Waals surface area contributed by atoms with Gasteiger partial charge in [0.2, 0.25) is 11.8 Å². The first-order valence-corrected chi connectivity index (χ1v) is 5.56. The highest BCUT2D eigenvalue weighted by Gasteiger charge is 2.05. The molecule has 1 aromatic rings. The first-order chi connectivity index (χ1) is 8.97. The first kappa shape index (κ1) is 14.9. The maximum absolute atomic E-state index is 11.9. The molecule has 0 spiro atoms. The number of carbonyl (C=O) groups is 2. The van der Waals surface area contributed by atoms with Crippen LogP contribution in [0.25, 0.3) is 0 Å². The summed E-state index contributed by atoms with van der Waals surface area (Å²) in [6, 6.07) is 5.56. The molecule has 7 heteroatoms. The Bertz CT molecular complexity index is 435. The van der Waals surface area contributed by atoms with E-state index in [1.54, 1.807) is 0 Å². The van der Waals surface area contributed by atoms with Gasteiger partial charge < -0.3 is 15.4 Å². The van der Waals surface area contributed by atoms with Crippen LogP contribution >= 0.6 is 0 Å². The van der Waals surface area contributed by atoms with Gasteiger partial charge in [0.1, 0.15) is 5.75 Å². The third-order valence-corrected chi connectivity index (χ3v) is 2.09. The lowest BCUT2D eigenvalue weighted by molar-refractivity contribution is -0.119. The number of hydrogen-bond acceptors (Lipinski definition) is 3. The normalized spacial score (nSPS) is 10.1. The Hall–Kier alpha value is -2.18. The summed E-state index contributed by atoms with van der Waals surface area (Å²) in [4.78, 5) is 22.0. The fourth-order valence-corrected chi connectivity index (χ4v) is 1.30. The molecule has 19 heavy (non-hydrogen) atoms. The molecule has 2 amide bonds. The second kappa shape index (κ2) is 7.30. The Kier molecular flexibility index (Phi) is 5.72. The highest BCUT2D eigenvalue weighted by Crippen LogP contribution is 2.17. The predicted molar refractivity (Wildman–Crippen MR) is 65.0 cm³/mol. The van der Waals surface area contributed by atoms with Crippen molar-refractivity contribution in [1.29, 1.82) is 0 Å². The molecule has 0 radical (unpaired) electrons. The van der Waals surface area contributed by atoms with Gasteiger partial charge in [-0.15, -0.1) is 0 Å². The molecular weight excluding hydrogens is 258 g/mol. The van der Waals surface area contributed by atoms with E-state index in [9.17, 15) is 18.4 Å². The van der Waals surface area contributed by atoms with Crippen LogP contribution in [-0.2, 0) is 9.59 Å². The molecule has 0 bridgehead atoms. The smallest absolute Gasteiger partial charge is 0.387 e. The predicted octanol–water partition coefficient (Wildman–Crippen LogP) is 1.75. The molecule has 0 atom stereocenters. The molecule has 104 valence electrons. The quantitative estimate of drug-likeness (QED) is 0.829. The number of anilines is 1. The molecule has 0 heterocycles. The average molecular weight is 272 g/mol. The van der Waals surface area contributed by atoms with Crippen LogP contribution < -0.4 is 15.4 Å². The monoisotopic (exact) mass is 272 g/mol. The summed E-state index contributed by atoms with van der Waals surface area (Å²) in [5.74, 6) is -0.469. The molecule has 0 unspecified atom stereocenters. The van der Waals surface area contributed by atoms with Crippen LogP contribution in [0.3, 0.4) is 0 Å². The molecule has 0 aliphatic rings. The van der Waals surface area contributed by atoms with Crippen molar-refractivity contribution in [3.8, 4) is 5.75 Å². The van der Waals surface area contributed by atoms with Gasteiger partial charge >= 0.3 is 6.61 Å². The van der Waals surface area contributed by atoms with Crippen LogP contribution in [0.1, 0.15) is 13.3 Å². The summed E-state index contributed by atoms with van der Waals surface area (Å²) in [7, 11) is 0. The van der Waals surface area contributed by atoms with Crippen molar-refractivity contribution in [2.45, 2.75) is 20.0 Å². The molecule has 0 aliphatic carbocycles. The summed E-state index contributed by atoms with van der Waals surface area (Å²) in [6.45, 7) is -1.27. The summed E-state index contributed by atoms with van der Waals surface area (Å²) in [5, 5.41) is 5.05. The molecular formula is C12H14F2N2O3. The lowest BCUT2D eigenvalue weighted by Gasteiger charge is -2.07. The first-order valence-electron chi connectivity index (χ1n) is 5.56. The second-order valence-corrected chi connectivity index (χ2v) is 3.68. The number of rotatable bonds is 6. The van der Waals surface area contributed by atoms with Crippen molar-refractivity contribution < 1.29 is 23.1 Å². The molecule has 1 rings (SSSR count). The molecule has 5 nitrogen and oxygen atoms in total. The maximum Gasteiger partial charge on any atom is 0.387 e. The Morgan fingerprint density at radius 1 is 1.26 bits per heavy atom. The van der Waals surface area contributed by atoms with E-state index in [1.165, 1.54) is 31.2 Å². The number of carbonyl (C=O) groups excluding carboxylic acids is 2. The van der Waals surface area contributed by atoms with Crippen LogP contribution in [0.15, 0.2) is 24.3 Å². The third kappa shape index (κ3) is 6.35. The molecule has 0 saturated heterocycles. The van der Waals surface area contributed by atoms with Crippen molar-refractivity contribution in [2.24, 2.45) is 0 Å². The van der Waals surface area contributed by atoms with Crippen molar-refractivity contribution in [3.63, 3.8) is 0 Å². The molecule has 1 aromatic carbocycles. The fourth-order valence-electron chi connectivity index (χ4n) is 1.30. The molecule has 0 aromatic heterocycles. The van der Waals surface area contributed by atoms with Crippen LogP contribution in [0.2, 0.25) is 0 Å². The highest BCUT2D eigenvalue weighted by atomic mass is 19.3. The molecule has 2 N–H and O–H groups in total. The minimum atomic E-state index is -2.88. The number of hydrogen-bond donors (Lipinski definition) is 2. The van der Waals surface area contributed by atoms with Gasteiger partial charge in [-0.25, -0.2) is 0 Å². The lowest BCUT2D eigenvalue weighted by Crippen LogP contribution is -2.25. The SMILES string of the molecule is CC(=O)NCCC(=O)Nc1ccc(OC(F)F)cc1. The van der Waals surface area contributed by atoms with E-state index >= 15 is 0 Å². The Balaban J connectivity index is 2.40. The van der Waals surface area contributed by atoms with Gasteiger partial charge in [0, 0.05) is 25.6 Å². The van der Waals surface area contributed by atoms with Crippen molar-refractivity contribution in [2.75, 3.05) is 11.9 Å². The number of alkyl halides is 2. The Morgan fingerprint density at radius 3 is 2.42 bits per heavy atom. The number of ether oxygens (including phenoxy) is 1. The van der Waals surface area contributed by atoms with E-state index in [0.717, 1.165) is 0 Å². The summed E-state index contributed by atoms with van der Waals surface area (Å²) < 4.78 is 28.0. The summed E-state index contributed by atoms with van der Waals surface area (Å²) >= 11 is 0. The number of amides is 2. The standard InChI is InChI=1S/C12H14F2N2O3/c1-8(17)15-7-6-11(18)16-9-2-4-10(5-3-9)19-12(13)14/h2-5,12H,6-7H2,1H3,(H,15,17)(H,16,18). The zero-order chi connectivity index (χ0) is 14.3. The van der Waals surface area contributed by atoms with Crippen molar-refractivity contribution in [3.05, 3.63) is 24.3 Å². The number of benzene rings is 1. The van der Waals surface area contributed by atoms with Crippen LogP contribution in [-0.4, -0.2) is 25.0 Å². The Labute approximate surface area is 108 Å². The van der Waals surface area contributed by atoms with E-state index < -0.39 is 6.61 Å². The zero-order valence-corrected chi connectivity index (χ0v) is 10.3. The van der Waals surface area contributed by atoms with E-state index in [0.29, 0.717) is 5.69 Å². The lowest BCUT2D eigenvalue weighted by atomic mass is 10.3. The fraction of sp³-hybridized carbons (Fsp3) is 0.333. The third-order valence-electron chi connectivity index (χ3n) is 2.09.